The number of halogens is 3. The Hall–Kier alpha value is -0.780. The Labute approximate surface area is 80.3 Å². The SMILES string of the molecule is CC1CCNCCN1C(=O)C(F)(F)F. The molecule has 0 aliphatic carbocycles. The first kappa shape index (κ1) is 11.3. The van der Waals surface area contributed by atoms with E-state index in [-0.39, 0.29) is 12.6 Å². The highest BCUT2D eigenvalue weighted by molar-refractivity contribution is 5.82. The van der Waals surface area contributed by atoms with Gasteiger partial charge in [-0.1, -0.05) is 0 Å². The van der Waals surface area contributed by atoms with Crippen LogP contribution in [0.5, 0.6) is 0 Å². The van der Waals surface area contributed by atoms with Crippen LogP contribution in [-0.4, -0.2) is 42.7 Å². The van der Waals surface area contributed by atoms with Crippen molar-refractivity contribution in [3.05, 3.63) is 0 Å². The summed E-state index contributed by atoms with van der Waals surface area (Å²) >= 11 is 0. The van der Waals surface area contributed by atoms with E-state index in [0.717, 1.165) is 4.90 Å². The molecule has 1 amide bonds. The third-order valence-electron chi connectivity index (χ3n) is 2.30. The third-order valence-corrected chi connectivity index (χ3v) is 2.30. The van der Waals surface area contributed by atoms with Gasteiger partial charge in [-0.15, -0.1) is 0 Å². The van der Waals surface area contributed by atoms with Gasteiger partial charge in [0.2, 0.25) is 0 Å². The number of nitrogens with one attached hydrogen (secondary N) is 1. The van der Waals surface area contributed by atoms with Gasteiger partial charge in [-0.05, 0) is 19.9 Å². The summed E-state index contributed by atoms with van der Waals surface area (Å²) in [6, 6.07) is -0.348. The van der Waals surface area contributed by atoms with Crippen molar-refractivity contribution in [1.29, 1.82) is 0 Å². The fourth-order valence-corrected chi connectivity index (χ4v) is 1.48. The summed E-state index contributed by atoms with van der Waals surface area (Å²) < 4.78 is 36.4. The molecule has 82 valence electrons. The zero-order valence-corrected chi connectivity index (χ0v) is 7.90. The van der Waals surface area contributed by atoms with Gasteiger partial charge in [-0.2, -0.15) is 13.2 Å². The van der Waals surface area contributed by atoms with Crippen molar-refractivity contribution < 1.29 is 18.0 Å². The van der Waals surface area contributed by atoms with Crippen LogP contribution in [0.15, 0.2) is 0 Å². The second kappa shape index (κ2) is 4.16. The molecule has 0 saturated carbocycles. The number of rotatable bonds is 0. The summed E-state index contributed by atoms with van der Waals surface area (Å²) in [6.45, 7) is 2.84. The lowest BCUT2D eigenvalue weighted by Gasteiger charge is -2.27. The van der Waals surface area contributed by atoms with Crippen molar-refractivity contribution in [2.75, 3.05) is 19.6 Å². The van der Waals surface area contributed by atoms with Crippen LogP contribution in [-0.2, 0) is 4.79 Å². The predicted octanol–water partition coefficient (Wildman–Crippen LogP) is 0.759. The van der Waals surface area contributed by atoms with Gasteiger partial charge in [-0.3, -0.25) is 4.79 Å². The molecule has 1 heterocycles. The normalized spacial score (nSPS) is 24.6. The molecule has 0 aromatic carbocycles. The summed E-state index contributed by atoms with van der Waals surface area (Å²) in [7, 11) is 0. The Bertz CT molecular complexity index is 217. The standard InChI is InChI=1S/C8H13F3N2O/c1-6-2-3-12-4-5-13(6)7(14)8(9,10)11/h6,12H,2-5H2,1H3. The molecule has 0 aromatic heterocycles. The molecular formula is C8H13F3N2O. The second-order valence-electron chi connectivity index (χ2n) is 3.38. The summed E-state index contributed by atoms with van der Waals surface area (Å²) in [5, 5.41) is 2.95. The number of hydrogen-bond acceptors (Lipinski definition) is 2. The van der Waals surface area contributed by atoms with E-state index in [2.05, 4.69) is 5.32 Å². The third kappa shape index (κ3) is 2.60. The van der Waals surface area contributed by atoms with Crippen molar-refractivity contribution in [3.8, 4) is 0 Å². The maximum atomic E-state index is 12.1. The first-order valence-corrected chi connectivity index (χ1v) is 4.51. The highest BCUT2D eigenvalue weighted by atomic mass is 19.4. The lowest BCUT2D eigenvalue weighted by molar-refractivity contribution is -0.187. The molecule has 14 heavy (non-hydrogen) atoms. The molecule has 1 aliphatic heterocycles. The molecule has 6 heteroatoms. The van der Waals surface area contributed by atoms with Crippen molar-refractivity contribution >= 4 is 5.91 Å². The smallest absolute Gasteiger partial charge is 0.331 e. The lowest BCUT2D eigenvalue weighted by atomic mass is 10.2. The summed E-state index contributed by atoms with van der Waals surface area (Å²) in [5.74, 6) is -1.73. The van der Waals surface area contributed by atoms with Crippen LogP contribution in [0.4, 0.5) is 13.2 Å². The van der Waals surface area contributed by atoms with Crippen LogP contribution in [0.3, 0.4) is 0 Å². The first-order chi connectivity index (χ1) is 6.43. The van der Waals surface area contributed by atoms with Crippen molar-refractivity contribution in [2.24, 2.45) is 0 Å². The Morgan fingerprint density at radius 1 is 1.43 bits per heavy atom. The van der Waals surface area contributed by atoms with Gasteiger partial charge in [0, 0.05) is 19.1 Å². The van der Waals surface area contributed by atoms with E-state index in [4.69, 9.17) is 0 Å². The Kier molecular flexibility index (Phi) is 3.36. The van der Waals surface area contributed by atoms with Crippen molar-refractivity contribution in [2.45, 2.75) is 25.6 Å². The van der Waals surface area contributed by atoms with E-state index in [1.807, 2.05) is 0 Å². The van der Waals surface area contributed by atoms with Crippen molar-refractivity contribution in [3.63, 3.8) is 0 Å². The number of nitrogens with zero attached hydrogens (tertiary/aromatic N) is 1. The molecule has 1 N–H and O–H groups in total. The van der Waals surface area contributed by atoms with E-state index < -0.39 is 12.1 Å². The van der Waals surface area contributed by atoms with Gasteiger partial charge >= 0.3 is 12.1 Å². The van der Waals surface area contributed by atoms with E-state index in [1.54, 1.807) is 6.92 Å². The van der Waals surface area contributed by atoms with E-state index in [1.165, 1.54) is 0 Å². The Morgan fingerprint density at radius 2 is 2.07 bits per heavy atom. The molecule has 1 saturated heterocycles. The van der Waals surface area contributed by atoms with Gasteiger partial charge in [0.15, 0.2) is 0 Å². The predicted molar refractivity (Wildman–Crippen MR) is 44.7 cm³/mol. The average molecular weight is 210 g/mol. The zero-order chi connectivity index (χ0) is 10.8. The van der Waals surface area contributed by atoms with Crippen LogP contribution < -0.4 is 5.32 Å². The summed E-state index contributed by atoms with van der Waals surface area (Å²) in [5.41, 5.74) is 0. The number of carbonyl (C=O) groups excluding carboxylic acids is 1. The Balaban J connectivity index is 2.69. The maximum absolute atomic E-state index is 12.1. The largest absolute Gasteiger partial charge is 0.471 e. The summed E-state index contributed by atoms with van der Waals surface area (Å²) in [4.78, 5) is 11.8. The molecule has 1 rings (SSSR count). The molecule has 1 aliphatic rings. The maximum Gasteiger partial charge on any atom is 0.471 e. The van der Waals surface area contributed by atoms with Crippen LogP contribution in [0.1, 0.15) is 13.3 Å². The highest BCUT2D eigenvalue weighted by Gasteiger charge is 2.43. The van der Waals surface area contributed by atoms with Gasteiger partial charge < -0.3 is 10.2 Å². The molecule has 0 spiro atoms. The number of amides is 1. The molecular weight excluding hydrogens is 197 g/mol. The number of hydrogen-bond donors (Lipinski definition) is 1. The quantitative estimate of drug-likeness (QED) is 0.640. The minimum Gasteiger partial charge on any atom is -0.331 e. The Morgan fingerprint density at radius 3 is 2.64 bits per heavy atom. The van der Waals surface area contributed by atoms with Gasteiger partial charge in [0.05, 0.1) is 0 Å². The summed E-state index contributed by atoms with van der Waals surface area (Å²) in [6.07, 6.45) is -4.19. The van der Waals surface area contributed by atoms with E-state index in [0.29, 0.717) is 19.5 Å². The second-order valence-corrected chi connectivity index (χ2v) is 3.38. The molecule has 0 bridgehead atoms. The van der Waals surface area contributed by atoms with Gasteiger partial charge in [0.25, 0.3) is 0 Å². The monoisotopic (exact) mass is 210 g/mol. The minimum atomic E-state index is -4.75. The molecule has 1 atom stereocenters. The van der Waals surface area contributed by atoms with Gasteiger partial charge in [-0.25, -0.2) is 0 Å². The van der Waals surface area contributed by atoms with Crippen molar-refractivity contribution in [1.82, 2.24) is 10.2 Å². The molecule has 0 aromatic rings. The minimum absolute atomic E-state index is 0.125. The van der Waals surface area contributed by atoms with Crippen LogP contribution >= 0.6 is 0 Å². The number of alkyl halides is 3. The van der Waals surface area contributed by atoms with Crippen LogP contribution in [0, 0.1) is 0 Å². The first-order valence-electron chi connectivity index (χ1n) is 4.51. The fraction of sp³-hybridized carbons (Fsp3) is 0.875. The zero-order valence-electron chi connectivity index (χ0n) is 7.90. The van der Waals surface area contributed by atoms with Crippen LogP contribution in [0.2, 0.25) is 0 Å². The average Bonchev–Trinajstić information content (AvgIpc) is 2.27. The lowest BCUT2D eigenvalue weighted by Crippen LogP contribution is -2.46. The van der Waals surface area contributed by atoms with Crippen LogP contribution in [0.25, 0.3) is 0 Å². The molecule has 1 unspecified atom stereocenters. The topological polar surface area (TPSA) is 32.3 Å². The number of carbonyl (C=O) groups is 1. The van der Waals surface area contributed by atoms with E-state index >= 15 is 0 Å². The molecule has 3 nitrogen and oxygen atoms in total. The fourth-order valence-electron chi connectivity index (χ4n) is 1.48. The van der Waals surface area contributed by atoms with E-state index in [9.17, 15) is 18.0 Å². The molecule has 1 fully saturated rings. The highest BCUT2D eigenvalue weighted by Crippen LogP contribution is 2.21. The molecule has 0 radical (unpaired) electrons. The van der Waals surface area contributed by atoms with Gasteiger partial charge in [0.1, 0.15) is 0 Å².